The molecule has 0 atom stereocenters. The summed E-state index contributed by atoms with van der Waals surface area (Å²) < 4.78 is 28.6. The maximum atomic E-state index is 12.3. The fraction of sp³-hybridized carbons (Fsp3) is 0.182. The van der Waals surface area contributed by atoms with Gasteiger partial charge in [0.15, 0.2) is 0 Å². The maximum Gasteiger partial charge on any atom is 0.273 e. The molecule has 12 heteroatoms. The summed E-state index contributed by atoms with van der Waals surface area (Å²) in [5.41, 5.74) is 3.95. The lowest BCUT2D eigenvalue weighted by molar-refractivity contribution is -0.114. The Labute approximate surface area is 220 Å². The molecule has 3 aromatic rings. The summed E-state index contributed by atoms with van der Waals surface area (Å²) in [4.78, 5) is 12.2. The first-order chi connectivity index (χ1) is 16.1. The molecule has 0 fully saturated rings. The normalized spacial score (nSPS) is 15.1. The molecular formula is C22H17Cl4N3O3S2. The number of aryl methyl sites for hydroxylation is 1. The van der Waals surface area contributed by atoms with E-state index in [-0.39, 0.29) is 13.6 Å². The lowest BCUT2D eigenvalue weighted by Gasteiger charge is -2.18. The number of carbonyl (C=O) groups is 1. The minimum Gasteiger partial charge on any atom is -0.269 e. The first kappa shape index (κ1) is 25.3. The number of fused-ring (bicyclic) bond motifs is 1. The van der Waals surface area contributed by atoms with Crippen LogP contribution in [0.3, 0.4) is 0 Å². The van der Waals surface area contributed by atoms with E-state index in [9.17, 15) is 13.2 Å². The second-order valence-corrected chi connectivity index (χ2v) is 12.3. The first-order valence-corrected chi connectivity index (χ1v) is 13.8. The largest absolute Gasteiger partial charge is 0.273 e. The van der Waals surface area contributed by atoms with Crippen LogP contribution in [0.15, 0.2) is 52.9 Å². The number of hydrogen-bond donors (Lipinski definition) is 1. The van der Waals surface area contributed by atoms with Crippen LogP contribution in [0.5, 0.6) is 0 Å². The molecule has 1 aromatic carbocycles. The number of hydrogen-bond acceptors (Lipinski definition) is 5. The van der Waals surface area contributed by atoms with E-state index in [1.807, 2.05) is 21.7 Å². The summed E-state index contributed by atoms with van der Waals surface area (Å²) in [7, 11) is -4.06. The van der Waals surface area contributed by atoms with Crippen molar-refractivity contribution in [2.75, 3.05) is 0 Å². The number of thiophene rings is 1. The SMILES string of the molecule is O=C(/C=C/C=C1CCCc2cnn(Cc3ccc(Cl)cc3Cl)c21)NS(=O)(=O)c1cc(Cl)c(Cl)s1. The number of aromatic nitrogens is 2. The van der Waals surface area contributed by atoms with Gasteiger partial charge in [-0.2, -0.15) is 5.10 Å². The van der Waals surface area contributed by atoms with E-state index < -0.39 is 15.9 Å². The number of nitrogens with zero attached hydrogens (tertiary/aromatic N) is 2. The van der Waals surface area contributed by atoms with Crippen LogP contribution < -0.4 is 4.72 Å². The lowest BCUT2D eigenvalue weighted by Crippen LogP contribution is -2.28. The molecule has 178 valence electrons. The van der Waals surface area contributed by atoms with Crippen LogP contribution in [-0.2, 0) is 27.8 Å². The number of nitrogens with one attached hydrogen (secondary N) is 1. The molecule has 0 saturated heterocycles. The summed E-state index contributed by atoms with van der Waals surface area (Å²) in [6.45, 7) is 0.469. The second-order valence-electron chi connectivity index (χ2n) is 7.47. The molecule has 1 aliphatic rings. The third kappa shape index (κ3) is 5.70. The Morgan fingerprint density at radius 2 is 1.94 bits per heavy atom. The number of halogens is 4. The monoisotopic (exact) mass is 575 g/mol. The predicted octanol–water partition coefficient (Wildman–Crippen LogP) is 6.39. The Balaban J connectivity index is 1.51. The van der Waals surface area contributed by atoms with Crippen LogP contribution in [0, 0.1) is 0 Å². The lowest BCUT2D eigenvalue weighted by atomic mass is 9.92. The van der Waals surface area contributed by atoms with Crippen molar-refractivity contribution in [1.29, 1.82) is 0 Å². The van der Waals surface area contributed by atoms with Gasteiger partial charge in [-0.25, -0.2) is 13.1 Å². The Morgan fingerprint density at radius 1 is 1.15 bits per heavy atom. The molecule has 0 spiro atoms. The summed E-state index contributed by atoms with van der Waals surface area (Å²) >= 11 is 24.7. The highest BCUT2D eigenvalue weighted by Crippen LogP contribution is 2.34. The van der Waals surface area contributed by atoms with Crippen molar-refractivity contribution >= 4 is 79.2 Å². The average molecular weight is 577 g/mol. The standard InChI is InChI=1S/C22H17Cl4N3O3S2/c23-16-8-7-15(17(24)9-16)12-29-21-13(3-1-5-14(21)11-27-29)4-2-6-19(30)28-34(31,32)20-10-18(25)22(26)33-20/h2,4,6-11H,1,3,5,12H2,(H,28,30)/b6-2+,13-4?. The number of amides is 1. The van der Waals surface area contributed by atoms with E-state index in [4.69, 9.17) is 46.4 Å². The van der Waals surface area contributed by atoms with Gasteiger partial charge < -0.3 is 0 Å². The van der Waals surface area contributed by atoms with Gasteiger partial charge in [0.1, 0.15) is 8.55 Å². The van der Waals surface area contributed by atoms with E-state index in [0.717, 1.165) is 59.1 Å². The molecule has 0 saturated carbocycles. The highest BCUT2D eigenvalue weighted by atomic mass is 35.5. The molecule has 0 bridgehead atoms. The molecule has 34 heavy (non-hydrogen) atoms. The zero-order chi connectivity index (χ0) is 24.5. The minimum atomic E-state index is -4.06. The molecule has 6 nitrogen and oxygen atoms in total. The highest BCUT2D eigenvalue weighted by molar-refractivity contribution is 7.92. The van der Waals surface area contributed by atoms with Gasteiger partial charge >= 0.3 is 0 Å². The number of allylic oxidation sites excluding steroid dienone is 3. The van der Waals surface area contributed by atoms with Gasteiger partial charge in [-0.3, -0.25) is 9.48 Å². The fourth-order valence-electron chi connectivity index (χ4n) is 3.59. The van der Waals surface area contributed by atoms with Crippen molar-refractivity contribution < 1.29 is 13.2 Å². The molecule has 0 aliphatic heterocycles. The quantitative estimate of drug-likeness (QED) is 0.345. The van der Waals surface area contributed by atoms with Crippen LogP contribution in [0.1, 0.15) is 29.7 Å². The van der Waals surface area contributed by atoms with Gasteiger partial charge in [-0.05, 0) is 54.2 Å². The van der Waals surface area contributed by atoms with Crippen LogP contribution in [0.25, 0.3) is 5.57 Å². The van der Waals surface area contributed by atoms with Crippen molar-refractivity contribution in [1.82, 2.24) is 14.5 Å². The van der Waals surface area contributed by atoms with Crippen LogP contribution in [-0.4, -0.2) is 24.1 Å². The van der Waals surface area contributed by atoms with Gasteiger partial charge in [0, 0.05) is 16.1 Å². The molecule has 0 unspecified atom stereocenters. The number of carbonyl (C=O) groups excluding carboxylic acids is 1. The average Bonchev–Trinajstić information content (AvgIpc) is 3.34. The van der Waals surface area contributed by atoms with Crippen molar-refractivity contribution in [3.05, 3.63) is 84.9 Å². The Hall–Kier alpha value is -1.81. The van der Waals surface area contributed by atoms with Crippen molar-refractivity contribution in [2.45, 2.75) is 30.0 Å². The molecular weight excluding hydrogens is 560 g/mol. The number of sulfonamides is 1. The zero-order valence-electron chi connectivity index (χ0n) is 17.4. The third-order valence-corrected chi connectivity index (χ3v) is 9.39. The van der Waals surface area contributed by atoms with Gasteiger partial charge in [0.2, 0.25) is 0 Å². The first-order valence-electron chi connectivity index (χ1n) is 10.0. The molecule has 1 N–H and O–H groups in total. The van der Waals surface area contributed by atoms with Crippen LogP contribution >= 0.6 is 57.7 Å². The maximum absolute atomic E-state index is 12.3. The molecule has 1 amide bonds. The van der Waals surface area contributed by atoms with Crippen molar-refractivity contribution in [2.24, 2.45) is 0 Å². The van der Waals surface area contributed by atoms with Gasteiger partial charge in [0.05, 0.1) is 23.5 Å². The molecule has 0 radical (unpaired) electrons. The molecule has 2 aromatic heterocycles. The van der Waals surface area contributed by atoms with Gasteiger partial charge in [-0.15, -0.1) is 11.3 Å². The minimum absolute atomic E-state index is 0.115. The summed E-state index contributed by atoms with van der Waals surface area (Å²) in [5.74, 6) is -0.782. The molecule has 4 rings (SSSR count). The topological polar surface area (TPSA) is 81.1 Å². The summed E-state index contributed by atoms with van der Waals surface area (Å²) in [6, 6.07) is 6.54. The van der Waals surface area contributed by atoms with E-state index in [0.29, 0.717) is 16.6 Å². The van der Waals surface area contributed by atoms with Gasteiger partial charge in [0.25, 0.3) is 15.9 Å². The predicted molar refractivity (Wildman–Crippen MR) is 138 cm³/mol. The van der Waals surface area contributed by atoms with Crippen molar-refractivity contribution in [3.63, 3.8) is 0 Å². The fourth-order valence-corrected chi connectivity index (χ4v) is 6.88. The number of rotatable bonds is 6. The second kappa shape index (κ2) is 10.4. The van der Waals surface area contributed by atoms with E-state index >= 15 is 0 Å². The summed E-state index contributed by atoms with van der Waals surface area (Å²) in [6.07, 6.45) is 8.96. The van der Waals surface area contributed by atoms with E-state index in [2.05, 4.69) is 5.10 Å². The molecule has 2 heterocycles. The van der Waals surface area contributed by atoms with Crippen LogP contribution in [0.2, 0.25) is 19.4 Å². The Morgan fingerprint density at radius 3 is 2.65 bits per heavy atom. The number of benzene rings is 1. The zero-order valence-corrected chi connectivity index (χ0v) is 22.1. The van der Waals surface area contributed by atoms with Crippen LogP contribution in [0.4, 0.5) is 0 Å². The van der Waals surface area contributed by atoms with Crippen molar-refractivity contribution in [3.8, 4) is 0 Å². The Bertz CT molecular complexity index is 1410. The van der Waals surface area contributed by atoms with E-state index in [1.165, 1.54) is 12.1 Å². The summed E-state index contributed by atoms with van der Waals surface area (Å²) in [5, 5.41) is 5.76. The van der Waals surface area contributed by atoms with E-state index in [1.54, 1.807) is 18.2 Å². The Kier molecular flexibility index (Phi) is 7.76. The van der Waals surface area contributed by atoms with Gasteiger partial charge in [-0.1, -0.05) is 64.6 Å². The smallest absolute Gasteiger partial charge is 0.269 e. The third-order valence-electron chi connectivity index (χ3n) is 5.11. The molecule has 1 aliphatic carbocycles. The highest BCUT2D eigenvalue weighted by Gasteiger charge is 2.22.